The Kier molecular flexibility index (Phi) is 9.41. The number of carboxylic acid groups (broad SMARTS) is 1. The minimum absolute atomic E-state index is 0.00486. The molecule has 2 heterocycles. The van der Waals surface area contributed by atoms with Gasteiger partial charge in [0.2, 0.25) is 5.91 Å². The zero-order valence-corrected chi connectivity index (χ0v) is 22.9. The van der Waals surface area contributed by atoms with Crippen LogP contribution in [0.25, 0.3) is 0 Å². The van der Waals surface area contributed by atoms with Gasteiger partial charge in [0.1, 0.15) is 5.75 Å². The van der Waals surface area contributed by atoms with Gasteiger partial charge in [0.15, 0.2) is 6.73 Å². The number of hydrogen-bond donors (Lipinski definition) is 2. The average Bonchev–Trinajstić information content (AvgIpc) is 2.94. The van der Waals surface area contributed by atoms with Crippen LogP contribution in [0.4, 0.5) is 13.2 Å². The Morgan fingerprint density at radius 1 is 1.10 bits per heavy atom. The summed E-state index contributed by atoms with van der Waals surface area (Å²) in [6, 6.07) is 10.6. The third kappa shape index (κ3) is 6.96. The maximum absolute atomic E-state index is 13.4. The van der Waals surface area contributed by atoms with E-state index in [9.17, 15) is 33.0 Å². The summed E-state index contributed by atoms with van der Waals surface area (Å²) in [6.07, 6.45) is -1.58. The highest BCUT2D eigenvalue weighted by molar-refractivity contribution is 5.87. The van der Waals surface area contributed by atoms with E-state index in [4.69, 9.17) is 4.74 Å². The van der Waals surface area contributed by atoms with Gasteiger partial charge in [-0.15, -0.1) is 0 Å². The number of carboxylic acids is 1. The van der Waals surface area contributed by atoms with Crippen molar-refractivity contribution in [3.05, 3.63) is 64.7 Å². The van der Waals surface area contributed by atoms with Gasteiger partial charge < -0.3 is 24.7 Å². The van der Waals surface area contributed by atoms with E-state index >= 15 is 0 Å². The van der Waals surface area contributed by atoms with Crippen LogP contribution in [0.3, 0.4) is 0 Å². The van der Waals surface area contributed by atoms with Crippen molar-refractivity contribution in [2.75, 3.05) is 19.8 Å². The molecule has 0 aromatic heterocycles. The maximum atomic E-state index is 13.4. The summed E-state index contributed by atoms with van der Waals surface area (Å²) in [5.74, 6) is -1.33. The lowest BCUT2D eigenvalue weighted by Gasteiger charge is -2.38. The lowest BCUT2D eigenvalue weighted by atomic mass is 9.86. The molecule has 2 N–H and O–H groups in total. The fraction of sp³-hybridized carbons (Fsp3) is 0.533. The summed E-state index contributed by atoms with van der Waals surface area (Å²) in [7, 11) is 0. The van der Waals surface area contributed by atoms with Gasteiger partial charge in [0.05, 0.1) is 29.7 Å². The standard InChI is InChI=1S/C30H37F3N2O5/c1-3-25(34-13-11-20(12-14-34)21-5-4-6-22(15-21)29(38)39)8-9-26(19(2)36)28(37)35-17-23-16-24(30(31,32)33)7-10-27(23)40-18-35/h4-7,10,15-16,19-20,25-26,36H,3,8-9,11-14,17-18H2,1-2H3,(H,38,39)/t19-,25-,26+/m0/s1. The summed E-state index contributed by atoms with van der Waals surface area (Å²) in [5.41, 5.74) is 0.839. The molecule has 2 aliphatic heterocycles. The third-order valence-electron chi connectivity index (χ3n) is 8.27. The molecule has 0 unspecified atom stereocenters. The van der Waals surface area contributed by atoms with Crippen molar-refractivity contribution in [1.29, 1.82) is 0 Å². The molecule has 40 heavy (non-hydrogen) atoms. The summed E-state index contributed by atoms with van der Waals surface area (Å²) in [5, 5.41) is 19.8. The quantitative estimate of drug-likeness (QED) is 0.419. The number of likely N-dealkylation sites (tertiary alicyclic amines) is 1. The van der Waals surface area contributed by atoms with E-state index in [0.717, 1.165) is 50.0 Å². The second kappa shape index (κ2) is 12.6. The normalized spacial score (nSPS) is 18.9. The fourth-order valence-electron chi connectivity index (χ4n) is 5.91. The lowest BCUT2D eigenvalue weighted by Crippen LogP contribution is -2.45. The van der Waals surface area contributed by atoms with E-state index < -0.39 is 29.7 Å². The van der Waals surface area contributed by atoms with Crippen LogP contribution in [0.2, 0.25) is 0 Å². The molecule has 7 nitrogen and oxygen atoms in total. The van der Waals surface area contributed by atoms with Crippen molar-refractivity contribution in [1.82, 2.24) is 9.80 Å². The first kappa shape index (κ1) is 29.9. The molecule has 2 aromatic carbocycles. The Bertz CT molecular complexity index is 1190. The number of hydrogen-bond acceptors (Lipinski definition) is 5. The number of aliphatic hydroxyl groups is 1. The summed E-state index contributed by atoms with van der Waals surface area (Å²) in [4.78, 5) is 28.5. The van der Waals surface area contributed by atoms with Crippen molar-refractivity contribution >= 4 is 11.9 Å². The number of amides is 1. The number of carbonyl (C=O) groups is 2. The first-order valence-electron chi connectivity index (χ1n) is 13.8. The van der Waals surface area contributed by atoms with Gasteiger partial charge in [-0.1, -0.05) is 19.1 Å². The Morgan fingerprint density at radius 3 is 2.45 bits per heavy atom. The van der Waals surface area contributed by atoms with Crippen molar-refractivity contribution in [3.63, 3.8) is 0 Å². The number of fused-ring (bicyclic) bond motifs is 1. The first-order valence-corrected chi connectivity index (χ1v) is 13.8. The average molecular weight is 563 g/mol. The van der Waals surface area contributed by atoms with Crippen LogP contribution < -0.4 is 4.74 Å². The lowest BCUT2D eigenvalue weighted by molar-refractivity contribution is -0.144. The van der Waals surface area contributed by atoms with Gasteiger partial charge >= 0.3 is 12.1 Å². The van der Waals surface area contributed by atoms with Crippen molar-refractivity contribution < 1.29 is 37.7 Å². The second-order valence-electron chi connectivity index (χ2n) is 10.9. The number of aromatic carboxylic acids is 1. The second-order valence-corrected chi connectivity index (χ2v) is 10.9. The molecule has 0 radical (unpaired) electrons. The SMILES string of the molecule is CC[C@@H](CC[C@@H](C(=O)N1COc2ccc(C(F)(F)F)cc2C1)[C@H](C)O)N1CCC(c2cccc(C(=O)O)c2)CC1. The van der Waals surface area contributed by atoms with Gasteiger partial charge in [0.25, 0.3) is 0 Å². The molecule has 1 saturated heterocycles. The highest BCUT2D eigenvalue weighted by atomic mass is 19.4. The van der Waals surface area contributed by atoms with Gasteiger partial charge in [-0.3, -0.25) is 4.79 Å². The molecule has 4 rings (SSSR count). The monoisotopic (exact) mass is 562 g/mol. The number of alkyl halides is 3. The minimum Gasteiger partial charge on any atom is -0.478 e. The molecule has 218 valence electrons. The molecule has 0 spiro atoms. The van der Waals surface area contributed by atoms with Crippen LogP contribution in [-0.4, -0.2) is 63.9 Å². The van der Waals surface area contributed by atoms with Crippen LogP contribution in [0.15, 0.2) is 42.5 Å². The number of carbonyl (C=O) groups excluding carboxylic acids is 1. The van der Waals surface area contributed by atoms with Gasteiger partial charge in [-0.25, -0.2) is 4.79 Å². The van der Waals surface area contributed by atoms with E-state index in [2.05, 4.69) is 11.8 Å². The predicted molar refractivity (Wildman–Crippen MR) is 143 cm³/mol. The van der Waals surface area contributed by atoms with Crippen LogP contribution in [0.1, 0.15) is 78.9 Å². The van der Waals surface area contributed by atoms with Crippen LogP contribution >= 0.6 is 0 Å². The smallest absolute Gasteiger partial charge is 0.416 e. The third-order valence-corrected chi connectivity index (χ3v) is 8.27. The van der Waals surface area contributed by atoms with Crippen molar-refractivity contribution in [2.45, 2.75) is 76.7 Å². The number of rotatable bonds is 9. The zero-order valence-electron chi connectivity index (χ0n) is 22.9. The van der Waals surface area contributed by atoms with E-state index in [1.165, 1.54) is 11.0 Å². The molecule has 1 amide bonds. The molecule has 2 aromatic rings. The van der Waals surface area contributed by atoms with Gasteiger partial charge in [-0.2, -0.15) is 13.2 Å². The first-order chi connectivity index (χ1) is 19.0. The number of aliphatic hydroxyl groups excluding tert-OH is 1. The Balaban J connectivity index is 1.35. The van der Waals surface area contributed by atoms with Crippen molar-refractivity contribution in [2.24, 2.45) is 5.92 Å². The Hall–Kier alpha value is -3.11. The largest absolute Gasteiger partial charge is 0.478 e. The number of ether oxygens (including phenoxy) is 1. The van der Waals surface area contributed by atoms with Crippen molar-refractivity contribution in [3.8, 4) is 5.75 Å². The van der Waals surface area contributed by atoms with Gasteiger partial charge in [0, 0.05) is 11.6 Å². The number of nitrogens with zero attached hydrogens (tertiary/aromatic N) is 2. The van der Waals surface area contributed by atoms with Crippen LogP contribution in [-0.2, 0) is 17.5 Å². The highest BCUT2D eigenvalue weighted by Crippen LogP contribution is 2.35. The number of benzene rings is 2. The predicted octanol–water partition coefficient (Wildman–Crippen LogP) is 5.52. The fourth-order valence-corrected chi connectivity index (χ4v) is 5.91. The summed E-state index contributed by atoms with van der Waals surface area (Å²) in [6.45, 7) is 5.29. The van der Waals surface area contributed by atoms with E-state index in [-0.39, 0.29) is 25.2 Å². The number of piperidine rings is 1. The molecule has 0 aliphatic carbocycles. The molecular weight excluding hydrogens is 525 g/mol. The summed E-state index contributed by atoms with van der Waals surface area (Å²) >= 11 is 0. The molecule has 0 saturated carbocycles. The topological polar surface area (TPSA) is 90.3 Å². The molecule has 3 atom stereocenters. The molecular formula is C30H37F3N2O5. The van der Waals surface area contributed by atoms with Gasteiger partial charge in [-0.05, 0) is 93.9 Å². The Morgan fingerprint density at radius 2 is 1.82 bits per heavy atom. The molecule has 10 heteroatoms. The van der Waals surface area contributed by atoms with E-state index in [1.807, 2.05) is 6.07 Å². The van der Waals surface area contributed by atoms with E-state index in [0.29, 0.717) is 35.6 Å². The number of halogens is 3. The molecule has 2 aliphatic rings. The minimum atomic E-state index is -4.49. The zero-order chi connectivity index (χ0) is 29.0. The van der Waals surface area contributed by atoms with E-state index in [1.54, 1.807) is 25.1 Å². The molecule has 0 bridgehead atoms. The summed E-state index contributed by atoms with van der Waals surface area (Å²) < 4.78 is 45.1. The highest BCUT2D eigenvalue weighted by Gasteiger charge is 2.35. The molecule has 1 fully saturated rings. The Labute approximate surface area is 232 Å². The van der Waals surface area contributed by atoms with Crippen LogP contribution in [0, 0.1) is 5.92 Å². The maximum Gasteiger partial charge on any atom is 0.416 e. The van der Waals surface area contributed by atoms with Crippen LogP contribution in [0.5, 0.6) is 5.75 Å².